The number of pyridine rings is 1. The van der Waals surface area contributed by atoms with E-state index in [2.05, 4.69) is 15.6 Å². The fourth-order valence-corrected chi connectivity index (χ4v) is 3.30. The fraction of sp³-hybridized carbons (Fsp3) is 0.227. The molecule has 2 amide bonds. The zero-order chi connectivity index (χ0) is 19.0. The van der Waals surface area contributed by atoms with Gasteiger partial charge in [-0.15, -0.1) is 0 Å². The molecule has 2 atom stereocenters. The number of nitrogens with zero attached hydrogens (tertiary/aromatic N) is 1. The Labute approximate surface area is 157 Å². The van der Waals surface area contributed by atoms with Gasteiger partial charge in [-0.1, -0.05) is 30.3 Å². The third-order valence-electron chi connectivity index (χ3n) is 5.01. The SMILES string of the molecule is Cc1ccc(C)c(NC(=O)C2CC2C(=O)Nc2cccc3cccnc23)c1. The van der Waals surface area contributed by atoms with Crippen LogP contribution in [0.4, 0.5) is 11.4 Å². The Bertz CT molecular complexity index is 1040. The molecule has 5 heteroatoms. The van der Waals surface area contributed by atoms with E-state index in [1.807, 2.05) is 62.4 Å². The van der Waals surface area contributed by atoms with E-state index in [4.69, 9.17) is 0 Å². The quantitative estimate of drug-likeness (QED) is 0.738. The Morgan fingerprint density at radius 1 is 0.926 bits per heavy atom. The topological polar surface area (TPSA) is 71.1 Å². The molecule has 27 heavy (non-hydrogen) atoms. The van der Waals surface area contributed by atoms with Crippen molar-refractivity contribution in [3.05, 3.63) is 65.9 Å². The van der Waals surface area contributed by atoms with Gasteiger partial charge in [0.2, 0.25) is 11.8 Å². The summed E-state index contributed by atoms with van der Waals surface area (Å²) in [5.41, 5.74) is 4.34. The van der Waals surface area contributed by atoms with Crippen molar-refractivity contribution in [2.24, 2.45) is 11.8 Å². The highest BCUT2D eigenvalue weighted by Gasteiger charge is 2.48. The van der Waals surface area contributed by atoms with Crippen LogP contribution in [-0.4, -0.2) is 16.8 Å². The van der Waals surface area contributed by atoms with Gasteiger partial charge >= 0.3 is 0 Å². The maximum Gasteiger partial charge on any atom is 0.228 e. The first-order chi connectivity index (χ1) is 13.0. The van der Waals surface area contributed by atoms with Crippen molar-refractivity contribution >= 4 is 34.1 Å². The highest BCUT2D eigenvalue weighted by Crippen LogP contribution is 2.40. The predicted octanol–water partition coefficient (Wildman–Crippen LogP) is 4.06. The van der Waals surface area contributed by atoms with Crippen LogP contribution in [0.5, 0.6) is 0 Å². The maximum absolute atomic E-state index is 12.6. The van der Waals surface area contributed by atoms with E-state index in [-0.39, 0.29) is 23.7 Å². The molecule has 2 unspecified atom stereocenters. The molecule has 2 aromatic carbocycles. The largest absolute Gasteiger partial charge is 0.326 e. The number of hydrogen-bond donors (Lipinski definition) is 2. The minimum Gasteiger partial charge on any atom is -0.326 e. The lowest BCUT2D eigenvalue weighted by atomic mass is 10.1. The summed E-state index contributed by atoms with van der Waals surface area (Å²) in [5, 5.41) is 6.86. The molecule has 0 aliphatic heterocycles. The lowest BCUT2D eigenvalue weighted by Crippen LogP contribution is -2.21. The molecule has 0 radical (unpaired) electrons. The number of aryl methyl sites for hydroxylation is 2. The third-order valence-corrected chi connectivity index (χ3v) is 5.01. The summed E-state index contributed by atoms with van der Waals surface area (Å²) >= 11 is 0. The second kappa shape index (κ2) is 6.83. The molecule has 136 valence electrons. The molecule has 3 aromatic rings. The summed E-state index contributed by atoms with van der Waals surface area (Å²) in [6, 6.07) is 15.4. The van der Waals surface area contributed by atoms with Crippen LogP contribution >= 0.6 is 0 Å². The Kier molecular flexibility index (Phi) is 4.36. The van der Waals surface area contributed by atoms with Crippen molar-refractivity contribution < 1.29 is 9.59 Å². The van der Waals surface area contributed by atoms with Crippen LogP contribution in [0.15, 0.2) is 54.7 Å². The van der Waals surface area contributed by atoms with E-state index < -0.39 is 0 Å². The Morgan fingerprint density at radius 2 is 1.63 bits per heavy atom. The van der Waals surface area contributed by atoms with Crippen LogP contribution in [0.2, 0.25) is 0 Å². The number of rotatable bonds is 4. The van der Waals surface area contributed by atoms with E-state index in [0.717, 1.165) is 27.7 Å². The molecule has 4 rings (SSSR count). The number of fused-ring (bicyclic) bond motifs is 1. The third kappa shape index (κ3) is 3.53. The monoisotopic (exact) mass is 359 g/mol. The number of carbonyl (C=O) groups is 2. The van der Waals surface area contributed by atoms with Crippen molar-refractivity contribution in [3.8, 4) is 0 Å². The van der Waals surface area contributed by atoms with Crippen LogP contribution < -0.4 is 10.6 Å². The standard InChI is InChI=1S/C22H21N3O2/c1-13-8-9-14(2)19(11-13)25-22(27)17-12-16(17)21(26)24-18-7-3-5-15-6-4-10-23-20(15)18/h3-11,16-17H,12H2,1-2H3,(H,24,26)(H,25,27). The van der Waals surface area contributed by atoms with Gasteiger partial charge in [-0.3, -0.25) is 14.6 Å². The van der Waals surface area contributed by atoms with Gasteiger partial charge in [0.25, 0.3) is 0 Å². The van der Waals surface area contributed by atoms with Gasteiger partial charge in [0.1, 0.15) is 0 Å². The van der Waals surface area contributed by atoms with Crippen molar-refractivity contribution in [1.29, 1.82) is 0 Å². The number of amides is 2. The Balaban J connectivity index is 1.43. The summed E-state index contributed by atoms with van der Waals surface area (Å²) in [6.07, 6.45) is 2.27. The van der Waals surface area contributed by atoms with Gasteiger partial charge in [0.15, 0.2) is 0 Å². The van der Waals surface area contributed by atoms with Gasteiger partial charge in [0, 0.05) is 17.3 Å². The number of carbonyl (C=O) groups excluding carboxylic acids is 2. The highest BCUT2D eigenvalue weighted by molar-refractivity contribution is 6.06. The van der Waals surface area contributed by atoms with Crippen LogP contribution in [0.3, 0.4) is 0 Å². The van der Waals surface area contributed by atoms with E-state index in [1.165, 1.54) is 0 Å². The molecule has 1 aliphatic rings. The predicted molar refractivity (Wildman–Crippen MR) is 107 cm³/mol. The van der Waals surface area contributed by atoms with Crippen molar-refractivity contribution in [3.63, 3.8) is 0 Å². The molecule has 1 heterocycles. The normalized spacial score (nSPS) is 18.1. The van der Waals surface area contributed by atoms with Crippen molar-refractivity contribution in [1.82, 2.24) is 4.98 Å². The molecule has 1 fully saturated rings. The van der Waals surface area contributed by atoms with Crippen LogP contribution in [0.25, 0.3) is 10.9 Å². The van der Waals surface area contributed by atoms with Crippen molar-refractivity contribution in [2.45, 2.75) is 20.3 Å². The number of hydrogen-bond acceptors (Lipinski definition) is 3. The fourth-order valence-electron chi connectivity index (χ4n) is 3.30. The minimum absolute atomic E-state index is 0.0973. The number of benzene rings is 2. The summed E-state index contributed by atoms with van der Waals surface area (Å²) in [4.78, 5) is 29.5. The van der Waals surface area contributed by atoms with E-state index in [9.17, 15) is 9.59 Å². The zero-order valence-corrected chi connectivity index (χ0v) is 15.3. The van der Waals surface area contributed by atoms with E-state index in [1.54, 1.807) is 6.20 Å². The van der Waals surface area contributed by atoms with Crippen LogP contribution in [0.1, 0.15) is 17.5 Å². The average molecular weight is 359 g/mol. The van der Waals surface area contributed by atoms with Crippen LogP contribution in [-0.2, 0) is 9.59 Å². The lowest BCUT2D eigenvalue weighted by Gasteiger charge is -2.10. The first-order valence-corrected chi connectivity index (χ1v) is 9.05. The molecule has 1 saturated carbocycles. The number of anilines is 2. The molecule has 1 aromatic heterocycles. The molecule has 5 nitrogen and oxygen atoms in total. The first-order valence-electron chi connectivity index (χ1n) is 9.05. The van der Waals surface area contributed by atoms with E-state index in [0.29, 0.717) is 12.1 Å². The summed E-state index contributed by atoms with van der Waals surface area (Å²) in [5.74, 6) is -0.809. The minimum atomic E-state index is -0.297. The summed E-state index contributed by atoms with van der Waals surface area (Å²) in [7, 11) is 0. The summed E-state index contributed by atoms with van der Waals surface area (Å²) < 4.78 is 0. The van der Waals surface area contributed by atoms with Gasteiger partial charge in [-0.25, -0.2) is 0 Å². The second-order valence-electron chi connectivity index (χ2n) is 7.13. The molecule has 0 spiro atoms. The van der Waals surface area contributed by atoms with Gasteiger partial charge in [0.05, 0.1) is 23.0 Å². The number of nitrogens with one attached hydrogen (secondary N) is 2. The van der Waals surface area contributed by atoms with Crippen LogP contribution in [0, 0.1) is 25.7 Å². The Hall–Kier alpha value is -3.21. The van der Waals surface area contributed by atoms with Gasteiger partial charge in [-0.05, 0) is 49.6 Å². The first kappa shape index (κ1) is 17.2. The summed E-state index contributed by atoms with van der Waals surface area (Å²) in [6.45, 7) is 3.94. The highest BCUT2D eigenvalue weighted by atomic mass is 16.2. The average Bonchev–Trinajstić information content (AvgIpc) is 3.46. The maximum atomic E-state index is 12.6. The number of aromatic nitrogens is 1. The van der Waals surface area contributed by atoms with Gasteiger partial charge in [-0.2, -0.15) is 0 Å². The molecule has 2 N–H and O–H groups in total. The molecular weight excluding hydrogens is 338 g/mol. The van der Waals surface area contributed by atoms with Crippen molar-refractivity contribution in [2.75, 3.05) is 10.6 Å². The zero-order valence-electron chi connectivity index (χ0n) is 15.3. The molecule has 1 aliphatic carbocycles. The number of para-hydroxylation sites is 1. The Morgan fingerprint density at radius 3 is 2.41 bits per heavy atom. The smallest absolute Gasteiger partial charge is 0.228 e. The van der Waals surface area contributed by atoms with E-state index >= 15 is 0 Å². The molecule has 0 saturated heterocycles. The van der Waals surface area contributed by atoms with Gasteiger partial charge < -0.3 is 10.6 Å². The lowest BCUT2D eigenvalue weighted by molar-refractivity contribution is -0.122. The molecular formula is C22H21N3O2. The molecule has 0 bridgehead atoms. The second-order valence-corrected chi connectivity index (χ2v) is 7.13.